The van der Waals surface area contributed by atoms with Crippen LogP contribution in [0.15, 0.2) is 42.5 Å². The van der Waals surface area contributed by atoms with Crippen LogP contribution in [0.2, 0.25) is 0 Å². The summed E-state index contributed by atoms with van der Waals surface area (Å²) in [7, 11) is 3.36. The van der Waals surface area contributed by atoms with Gasteiger partial charge in [0, 0.05) is 101 Å². The summed E-state index contributed by atoms with van der Waals surface area (Å²) < 4.78 is 0.922. The van der Waals surface area contributed by atoms with Crippen molar-refractivity contribution < 1.29 is 14.7 Å². The number of piperazine rings is 2. The van der Waals surface area contributed by atoms with Crippen LogP contribution in [0.25, 0.3) is 10.4 Å². The van der Waals surface area contributed by atoms with E-state index in [1.807, 2.05) is 29.7 Å². The molecule has 5 rings (SSSR count). The second kappa shape index (κ2) is 15.6. The van der Waals surface area contributed by atoms with E-state index in [2.05, 4.69) is 46.2 Å². The summed E-state index contributed by atoms with van der Waals surface area (Å²) in [4.78, 5) is 34.7. The van der Waals surface area contributed by atoms with Crippen LogP contribution in [0.3, 0.4) is 0 Å². The fraction of sp³-hybridized carbons (Fsp3) is 0.500. The predicted octanol–water partition coefficient (Wildman–Crippen LogP) is 6.39. The van der Waals surface area contributed by atoms with E-state index in [0.717, 1.165) is 92.1 Å². The summed E-state index contributed by atoms with van der Waals surface area (Å²) in [5.74, 6) is 0.826. The number of hydrogen-bond acceptors (Lipinski definition) is 8. The molecule has 0 atom stereocenters. The van der Waals surface area contributed by atoms with Gasteiger partial charge in [-0.05, 0) is 36.1 Å². The lowest BCUT2D eigenvalue weighted by atomic mass is 9.98. The molecule has 0 radical (unpaired) electrons. The molecule has 2 aliphatic heterocycles. The van der Waals surface area contributed by atoms with Crippen LogP contribution in [0.4, 0.5) is 0 Å². The Morgan fingerprint density at radius 2 is 1.27 bits per heavy atom. The molecule has 7 nitrogen and oxygen atoms in total. The van der Waals surface area contributed by atoms with Crippen molar-refractivity contribution in [3.8, 4) is 16.2 Å². The highest BCUT2D eigenvalue weighted by molar-refractivity contribution is 7.80. The molecule has 236 valence electrons. The molecule has 0 saturated carbocycles. The zero-order valence-electron chi connectivity index (χ0n) is 25.9. The maximum atomic E-state index is 12.4. The molecule has 0 aliphatic carbocycles. The number of rotatable bonds is 11. The minimum atomic E-state index is 0.236. The number of phenolic OH excluding ortho intramolecular Hbond substituents is 1. The Morgan fingerprint density at radius 3 is 1.75 bits per heavy atom. The SMILES string of the molecule is CCCC(=O)N1CCN(Cc2cc(-c3ssc(=S)c3Cc3ccccc3)cc(CN3CCN(C(=O)CCC)CC3)c2O)CC1. The number of hydrogen-bond donors (Lipinski definition) is 1. The Hall–Kier alpha value is -2.63. The Balaban J connectivity index is 1.40. The quantitative estimate of drug-likeness (QED) is 0.191. The molecule has 1 aromatic heterocycles. The van der Waals surface area contributed by atoms with E-state index in [4.69, 9.17) is 12.2 Å². The van der Waals surface area contributed by atoms with Crippen molar-refractivity contribution in [2.24, 2.45) is 0 Å². The van der Waals surface area contributed by atoms with Gasteiger partial charge in [-0.15, -0.1) is 0 Å². The third-order valence-corrected chi connectivity index (χ3v) is 11.8. The van der Waals surface area contributed by atoms with Crippen LogP contribution in [0, 0.1) is 3.82 Å². The smallest absolute Gasteiger partial charge is 0.222 e. The number of phenols is 1. The van der Waals surface area contributed by atoms with Crippen LogP contribution >= 0.6 is 32.9 Å². The normalized spacial score (nSPS) is 16.4. The van der Waals surface area contributed by atoms with Gasteiger partial charge in [0.2, 0.25) is 11.8 Å². The lowest BCUT2D eigenvalue weighted by Gasteiger charge is -2.36. The highest BCUT2D eigenvalue weighted by atomic mass is 32.9. The van der Waals surface area contributed by atoms with Crippen molar-refractivity contribution in [2.45, 2.75) is 59.0 Å². The van der Waals surface area contributed by atoms with Crippen LogP contribution in [-0.4, -0.2) is 88.9 Å². The Morgan fingerprint density at radius 1 is 0.773 bits per heavy atom. The van der Waals surface area contributed by atoms with Gasteiger partial charge in [-0.2, -0.15) is 0 Å². The minimum Gasteiger partial charge on any atom is -0.507 e. The van der Waals surface area contributed by atoms with Crippen LogP contribution in [0.5, 0.6) is 5.75 Å². The number of amides is 2. The summed E-state index contributed by atoms with van der Waals surface area (Å²) in [5, 5.41) is 11.7. The third kappa shape index (κ3) is 8.14. The van der Waals surface area contributed by atoms with E-state index in [1.165, 1.54) is 16.0 Å². The molecule has 2 amide bonds. The first-order valence-corrected chi connectivity index (χ1v) is 18.4. The highest BCUT2D eigenvalue weighted by Gasteiger charge is 2.25. The maximum absolute atomic E-state index is 12.4. The van der Waals surface area contributed by atoms with Gasteiger partial charge < -0.3 is 14.9 Å². The Bertz CT molecular complexity index is 1410. The van der Waals surface area contributed by atoms with Gasteiger partial charge in [0.1, 0.15) is 9.57 Å². The van der Waals surface area contributed by atoms with Crippen LogP contribution in [0.1, 0.15) is 61.8 Å². The summed E-state index contributed by atoms with van der Waals surface area (Å²) in [6.07, 6.45) is 3.72. The molecule has 10 heteroatoms. The standard InChI is InChI=1S/C34H44N4O3S3/c1-3-8-30(39)37-16-12-35(13-17-37)23-27-21-26(33-29(34(42)44-43-33)20-25-10-6-5-7-11-25)22-28(32(27)41)24-36-14-18-38(19-15-36)31(40)9-4-2/h5-7,10-11,21-22,41H,3-4,8-9,12-20,23-24H2,1-2H3. The number of nitrogens with zero attached hydrogens (tertiary/aromatic N) is 4. The molecule has 3 aromatic rings. The molecular formula is C34H44N4O3S3. The molecule has 2 fully saturated rings. The van der Waals surface area contributed by atoms with E-state index >= 15 is 0 Å². The van der Waals surface area contributed by atoms with E-state index in [9.17, 15) is 14.7 Å². The van der Waals surface area contributed by atoms with Gasteiger partial charge in [0.05, 0.1) is 4.88 Å². The van der Waals surface area contributed by atoms with E-state index in [1.54, 1.807) is 20.7 Å². The van der Waals surface area contributed by atoms with Gasteiger partial charge in [-0.1, -0.05) is 77.1 Å². The van der Waals surface area contributed by atoms with Crippen molar-refractivity contribution >= 4 is 44.7 Å². The molecule has 0 unspecified atom stereocenters. The lowest BCUT2D eigenvalue weighted by Crippen LogP contribution is -2.48. The van der Waals surface area contributed by atoms with Gasteiger partial charge in [0.15, 0.2) is 0 Å². The average molecular weight is 653 g/mol. The highest BCUT2D eigenvalue weighted by Crippen LogP contribution is 2.40. The second-order valence-electron chi connectivity index (χ2n) is 11.9. The summed E-state index contributed by atoms with van der Waals surface area (Å²) >= 11 is 5.83. The molecule has 0 spiro atoms. The van der Waals surface area contributed by atoms with Gasteiger partial charge >= 0.3 is 0 Å². The fourth-order valence-electron chi connectivity index (χ4n) is 6.12. The van der Waals surface area contributed by atoms with Gasteiger partial charge in [0.25, 0.3) is 0 Å². The summed E-state index contributed by atoms with van der Waals surface area (Å²) in [6, 6.07) is 14.8. The topological polar surface area (TPSA) is 67.3 Å². The summed E-state index contributed by atoms with van der Waals surface area (Å²) in [5.41, 5.74) is 5.34. The first-order chi connectivity index (χ1) is 21.4. The van der Waals surface area contributed by atoms with E-state index in [0.29, 0.717) is 31.7 Å². The van der Waals surface area contributed by atoms with Crippen LogP contribution < -0.4 is 0 Å². The number of carbonyl (C=O) groups is 2. The molecule has 2 aliphatic rings. The Labute approximate surface area is 274 Å². The second-order valence-corrected chi connectivity index (χ2v) is 14.7. The van der Waals surface area contributed by atoms with Crippen molar-refractivity contribution in [1.29, 1.82) is 0 Å². The molecule has 2 saturated heterocycles. The number of benzene rings is 2. The maximum Gasteiger partial charge on any atom is 0.222 e. The fourth-order valence-corrected chi connectivity index (χ4v) is 9.02. The van der Waals surface area contributed by atoms with Crippen molar-refractivity contribution in [3.05, 3.63) is 68.5 Å². The molecule has 1 N–H and O–H groups in total. The van der Waals surface area contributed by atoms with Crippen molar-refractivity contribution in [1.82, 2.24) is 19.6 Å². The summed E-state index contributed by atoms with van der Waals surface area (Å²) in [6.45, 7) is 11.4. The molecule has 44 heavy (non-hydrogen) atoms. The first kappa shape index (κ1) is 32.8. The van der Waals surface area contributed by atoms with Crippen LogP contribution in [-0.2, 0) is 29.1 Å². The van der Waals surface area contributed by atoms with E-state index in [-0.39, 0.29) is 11.8 Å². The predicted molar refractivity (Wildman–Crippen MR) is 183 cm³/mol. The Kier molecular flexibility index (Phi) is 11.6. The molecule has 3 heterocycles. The minimum absolute atomic E-state index is 0.236. The molecular weight excluding hydrogens is 609 g/mol. The molecule has 0 bridgehead atoms. The van der Waals surface area contributed by atoms with Gasteiger partial charge in [-0.3, -0.25) is 19.4 Å². The number of aromatic hydroxyl groups is 1. The molecule has 2 aromatic carbocycles. The zero-order valence-corrected chi connectivity index (χ0v) is 28.4. The largest absolute Gasteiger partial charge is 0.507 e. The lowest BCUT2D eigenvalue weighted by molar-refractivity contribution is -0.133. The third-order valence-electron chi connectivity index (χ3n) is 8.64. The zero-order chi connectivity index (χ0) is 31.1. The first-order valence-electron chi connectivity index (χ1n) is 15.9. The van der Waals surface area contributed by atoms with Gasteiger partial charge in [-0.25, -0.2) is 0 Å². The average Bonchev–Trinajstić information content (AvgIpc) is 3.40. The van der Waals surface area contributed by atoms with Crippen molar-refractivity contribution in [2.75, 3.05) is 52.4 Å². The number of carbonyl (C=O) groups excluding carboxylic acids is 2. The van der Waals surface area contributed by atoms with E-state index < -0.39 is 0 Å². The van der Waals surface area contributed by atoms with Crippen molar-refractivity contribution in [3.63, 3.8) is 0 Å². The monoisotopic (exact) mass is 652 g/mol.